The van der Waals surface area contributed by atoms with Crippen molar-refractivity contribution >= 4 is 17.8 Å². The molecule has 0 saturated carbocycles. The maximum atomic E-state index is 12.2. The van der Waals surface area contributed by atoms with Crippen molar-refractivity contribution in [1.29, 1.82) is 0 Å². The molecule has 0 N–H and O–H groups in total. The highest BCUT2D eigenvalue weighted by Gasteiger charge is 2.45. The summed E-state index contributed by atoms with van der Waals surface area (Å²) in [5, 5.41) is 3.94. The Kier molecular flexibility index (Phi) is 3.38. The Morgan fingerprint density at radius 1 is 1.42 bits per heavy atom. The highest BCUT2D eigenvalue weighted by Crippen LogP contribution is 2.30. The lowest BCUT2D eigenvalue weighted by molar-refractivity contribution is -0.129. The first-order valence-electron chi connectivity index (χ1n) is 6.03. The van der Waals surface area contributed by atoms with Gasteiger partial charge >= 0.3 is 0 Å². The Morgan fingerprint density at radius 2 is 2.16 bits per heavy atom. The summed E-state index contributed by atoms with van der Waals surface area (Å²) in [5.74, 6) is 0.510. The summed E-state index contributed by atoms with van der Waals surface area (Å²) >= 11 is 0. The summed E-state index contributed by atoms with van der Waals surface area (Å²) in [5.41, 5.74) is 1.09. The lowest BCUT2D eigenvalue weighted by Gasteiger charge is -2.43. The predicted molar refractivity (Wildman–Crippen MR) is 73.3 cm³/mol. The van der Waals surface area contributed by atoms with Gasteiger partial charge < -0.3 is 4.84 Å². The van der Waals surface area contributed by atoms with Gasteiger partial charge in [-0.05, 0) is 38.5 Å². The van der Waals surface area contributed by atoms with Gasteiger partial charge in [-0.2, -0.15) is 0 Å². The zero-order chi connectivity index (χ0) is 14.0. The first-order valence-corrected chi connectivity index (χ1v) is 6.03. The van der Waals surface area contributed by atoms with Gasteiger partial charge in [-0.15, -0.1) is 0 Å². The van der Waals surface area contributed by atoms with E-state index in [0.717, 1.165) is 5.56 Å². The molecule has 1 aromatic heterocycles. The highest BCUT2D eigenvalue weighted by atomic mass is 16.6. The van der Waals surface area contributed by atoms with Crippen molar-refractivity contribution in [3.05, 3.63) is 35.7 Å². The summed E-state index contributed by atoms with van der Waals surface area (Å²) < 4.78 is 0. The summed E-state index contributed by atoms with van der Waals surface area (Å²) in [4.78, 5) is 22.7. The zero-order valence-electron chi connectivity index (χ0n) is 11.5. The van der Waals surface area contributed by atoms with Gasteiger partial charge in [0.1, 0.15) is 7.11 Å². The van der Waals surface area contributed by atoms with Gasteiger partial charge in [0.15, 0.2) is 5.84 Å². The second-order valence-corrected chi connectivity index (χ2v) is 5.25. The van der Waals surface area contributed by atoms with Crippen LogP contribution in [0.3, 0.4) is 0 Å². The minimum absolute atomic E-state index is 0.0489. The van der Waals surface area contributed by atoms with Crippen molar-refractivity contribution in [1.82, 2.24) is 9.88 Å². The van der Waals surface area contributed by atoms with Crippen LogP contribution in [0.4, 0.5) is 0 Å². The number of likely N-dealkylation sites (tertiary alicyclic amines) is 1. The van der Waals surface area contributed by atoms with E-state index in [1.807, 2.05) is 32.9 Å². The van der Waals surface area contributed by atoms with Crippen LogP contribution in [0.5, 0.6) is 0 Å². The van der Waals surface area contributed by atoms with Crippen LogP contribution in [-0.2, 0) is 9.63 Å². The van der Waals surface area contributed by atoms with E-state index in [4.69, 9.17) is 4.84 Å². The van der Waals surface area contributed by atoms with Gasteiger partial charge in [0.2, 0.25) is 0 Å². The van der Waals surface area contributed by atoms with Crippen molar-refractivity contribution in [3.63, 3.8) is 0 Å². The van der Waals surface area contributed by atoms with Gasteiger partial charge in [0.25, 0.3) is 5.91 Å². The number of β-lactam (4-membered cyclic amide) rings is 1. The number of hydrogen-bond donors (Lipinski definition) is 0. The van der Waals surface area contributed by atoms with Crippen LogP contribution in [0.1, 0.15) is 26.3 Å². The third-order valence-electron chi connectivity index (χ3n) is 2.73. The summed E-state index contributed by atoms with van der Waals surface area (Å²) in [6.45, 7) is 5.87. The molecule has 0 unspecified atom stereocenters. The molecule has 1 aliphatic rings. The molecule has 0 atom stereocenters. The molecule has 5 nitrogen and oxygen atoms in total. The third-order valence-corrected chi connectivity index (χ3v) is 2.73. The van der Waals surface area contributed by atoms with Crippen molar-refractivity contribution in [2.24, 2.45) is 5.16 Å². The number of hydrogen-bond acceptors (Lipinski definition) is 4. The van der Waals surface area contributed by atoms with Crippen molar-refractivity contribution in [3.8, 4) is 0 Å². The number of amidine groups is 1. The molecule has 5 heteroatoms. The topological polar surface area (TPSA) is 54.8 Å². The van der Waals surface area contributed by atoms with Gasteiger partial charge in [-0.1, -0.05) is 11.2 Å². The van der Waals surface area contributed by atoms with Crippen LogP contribution in [0.15, 0.2) is 35.3 Å². The fourth-order valence-electron chi connectivity index (χ4n) is 1.93. The fourth-order valence-corrected chi connectivity index (χ4v) is 1.93. The monoisotopic (exact) mass is 259 g/mol. The molecule has 1 saturated heterocycles. The Balaban J connectivity index is 2.36. The minimum atomic E-state index is -0.319. The van der Waals surface area contributed by atoms with Gasteiger partial charge in [0, 0.05) is 17.9 Å². The summed E-state index contributed by atoms with van der Waals surface area (Å²) in [6.07, 6.45) is 5.16. The van der Waals surface area contributed by atoms with E-state index in [1.54, 1.807) is 23.4 Å². The fraction of sp³-hybridized carbons (Fsp3) is 0.357. The molecule has 1 amide bonds. The Morgan fingerprint density at radius 3 is 2.68 bits per heavy atom. The van der Waals surface area contributed by atoms with E-state index < -0.39 is 0 Å². The molecule has 0 aliphatic carbocycles. The second-order valence-electron chi connectivity index (χ2n) is 5.25. The van der Waals surface area contributed by atoms with Crippen molar-refractivity contribution in [2.75, 3.05) is 7.11 Å². The second kappa shape index (κ2) is 4.84. The molecule has 1 aliphatic heterocycles. The Bertz CT molecular complexity index is 542. The quantitative estimate of drug-likeness (QED) is 0.464. The number of carbonyl (C=O) groups excluding carboxylic acids is 1. The molecule has 0 aromatic carbocycles. The summed E-state index contributed by atoms with van der Waals surface area (Å²) in [7, 11) is 1.47. The number of amides is 1. The molecular weight excluding hydrogens is 242 g/mol. The normalized spacial score (nSPS) is 19.8. The minimum Gasteiger partial charge on any atom is -0.397 e. The van der Waals surface area contributed by atoms with E-state index in [9.17, 15) is 4.79 Å². The molecule has 1 fully saturated rings. The van der Waals surface area contributed by atoms with Crippen LogP contribution in [0, 0.1) is 0 Å². The maximum absolute atomic E-state index is 12.2. The number of rotatable bonds is 2. The van der Waals surface area contributed by atoms with E-state index in [2.05, 4.69) is 10.1 Å². The zero-order valence-corrected chi connectivity index (χ0v) is 11.5. The smallest absolute Gasteiger partial charge is 0.263 e. The van der Waals surface area contributed by atoms with Crippen LogP contribution in [-0.4, -0.2) is 34.3 Å². The lowest BCUT2D eigenvalue weighted by Crippen LogP contribution is -2.60. The number of nitrogens with zero attached hydrogens (tertiary/aromatic N) is 3. The van der Waals surface area contributed by atoms with Gasteiger partial charge in [-0.25, -0.2) is 0 Å². The maximum Gasteiger partial charge on any atom is 0.263 e. The first-order chi connectivity index (χ1) is 8.95. The molecule has 2 heterocycles. The Hall–Kier alpha value is -2.17. The van der Waals surface area contributed by atoms with Crippen molar-refractivity contribution < 1.29 is 9.63 Å². The van der Waals surface area contributed by atoms with Crippen LogP contribution in [0.25, 0.3) is 6.08 Å². The Labute approximate surface area is 112 Å². The largest absolute Gasteiger partial charge is 0.397 e. The molecule has 0 bridgehead atoms. The van der Waals surface area contributed by atoms with Gasteiger partial charge in [0.05, 0.1) is 5.57 Å². The van der Waals surface area contributed by atoms with Crippen LogP contribution >= 0.6 is 0 Å². The highest BCUT2D eigenvalue weighted by molar-refractivity contribution is 6.38. The average Bonchev–Trinajstić information content (AvgIpc) is 2.35. The number of carbonyl (C=O) groups is 1. The first kappa shape index (κ1) is 13.3. The molecule has 2 rings (SSSR count). The van der Waals surface area contributed by atoms with Gasteiger partial charge in [-0.3, -0.25) is 14.7 Å². The van der Waals surface area contributed by atoms with E-state index in [1.165, 1.54) is 7.11 Å². The third kappa shape index (κ3) is 2.50. The summed E-state index contributed by atoms with van der Waals surface area (Å²) in [6, 6.07) is 3.71. The lowest BCUT2D eigenvalue weighted by atomic mass is 9.93. The SMILES string of the molecule is CON=C1/C(=C\c2cccnc2)C(=O)N1C(C)(C)C. The molecule has 19 heavy (non-hydrogen) atoms. The van der Waals surface area contributed by atoms with E-state index >= 15 is 0 Å². The van der Waals surface area contributed by atoms with E-state index in [0.29, 0.717) is 11.4 Å². The van der Waals surface area contributed by atoms with E-state index in [-0.39, 0.29) is 11.4 Å². The number of oxime groups is 1. The predicted octanol–water partition coefficient (Wildman–Crippen LogP) is 2.07. The number of pyridine rings is 1. The van der Waals surface area contributed by atoms with Crippen LogP contribution < -0.4 is 0 Å². The molecule has 100 valence electrons. The molecule has 1 aromatic rings. The average molecular weight is 259 g/mol. The van der Waals surface area contributed by atoms with Crippen molar-refractivity contribution in [2.45, 2.75) is 26.3 Å². The molecule has 0 spiro atoms. The molecular formula is C14H17N3O2. The van der Waals surface area contributed by atoms with Crippen LogP contribution in [0.2, 0.25) is 0 Å². The number of aromatic nitrogens is 1. The molecule has 0 radical (unpaired) electrons. The standard InChI is InChI=1S/C14H17N3O2/c1-14(2,3)17-12(16-19-4)11(13(17)18)8-10-6-5-7-15-9-10/h5-9H,1-4H3/b11-8+,16-12?.